The SMILES string of the molecule is CC1CN(C(=O)NCc2ccco2)CC1c1nc(-c2ccncc2)no1. The van der Waals surface area contributed by atoms with Gasteiger partial charge in [0, 0.05) is 31.0 Å². The molecule has 2 unspecified atom stereocenters. The van der Waals surface area contributed by atoms with Crippen molar-refractivity contribution in [2.75, 3.05) is 13.1 Å². The third-order valence-corrected chi connectivity index (χ3v) is 4.59. The summed E-state index contributed by atoms with van der Waals surface area (Å²) >= 11 is 0. The molecule has 0 aliphatic carbocycles. The van der Waals surface area contributed by atoms with Gasteiger partial charge in [0.1, 0.15) is 5.76 Å². The summed E-state index contributed by atoms with van der Waals surface area (Å²) in [6.45, 7) is 3.64. The van der Waals surface area contributed by atoms with Crippen LogP contribution in [0.2, 0.25) is 0 Å². The number of amides is 2. The fraction of sp³-hybridized carbons (Fsp3) is 0.333. The van der Waals surface area contributed by atoms with Crippen molar-refractivity contribution in [3.05, 3.63) is 54.6 Å². The number of pyridine rings is 1. The van der Waals surface area contributed by atoms with E-state index in [1.54, 1.807) is 29.6 Å². The molecule has 0 spiro atoms. The van der Waals surface area contributed by atoms with Crippen LogP contribution in [0, 0.1) is 5.92 Å². The average molecular weight is 353 g/mol. The van der Waals surface area contributed by atoms with Crippen LogP contribution in [0.3, 0.4) is 0 Å². The fourth-order valence-corrected chi connectivity index (χ4v) is 3.15. The summed E-state index contributed by atoms with van der Waals surface area (Å²) < 4.78 is 10.7. The van der Waals surface area contributed by atoms with Crippen molar-refractivity contribution in [2.24, 2.45) is 5.92 Å². The molecular formula is C18H19N5O3. The summed E-state index contributed by atoms with van der Waals surface area (Å²) in [5.74, 6) is 2.07. The van der Waals surface area contributed by atoms with Gasteiger partial charge < -0.3 is 19.2 Å². The maximum Gasteiger partial charge on any atom is 0.317 e. The quantitative estimate of drug-likeness (QED) is 0.774. The van der Waals surface area contributed by atoms with E-state index in [0.717, 1.165) is 11.3 Å². The van der Waals surface area contributed by atoms with E-state index < -0.39 is 0 Å². The second-order valence-electron chi connectivity index (χ2n) is 6.42. The van der Waals surface area contributed by atoms with E-state index in [4.69, 9.17) is 8.94 Å². The first-order chi connectivity index (χ1) is 12.7. The van der Waals surface area contributed by atoms with Crippen molar-refractivity contribution in [1.29, 1.82) is 0 Å². The third-order valence-electron chi connectivity index (χ3n) is 4.59. The second-order valence-corrected chi connectivity index (χ2v) is 6.42. The highest BCUT2D eigenvalue weighted by Gasteiger charge is 2.37. The van der Waals surface area contributed by atoms with Crippen LogP contribution in [-0.2, 0) is 6.54 Å². The molecule has 8 heteroatoms. The molecule has 4 heterocycles. The molecule has 1 fully saturated rings. The Kier molecular flexibility index (Phi) is 4.39. The first-order valence-electron chi connectivity index (χ1n) is 8.50. The fourth-order valence-electron chi connectivity index (χ4n) is 3.15. The van der Waals surface area contributed by atoms with Crippen LogP contribution in [0.15, 0.2) is 51.9 Å². The van der Waals surface area contributed by atoms with Crippen LogP contribution >= 0.6 is 0 Å². The Bertz CT molecular complexity index is 862. The van der Waals surface area contributed by atoms with Crippen molar-refractivity contribution < 1.29 is 13.7 Å². The van der Waals surface area contributed by atoms with Gasteiger partial charge in [-0.05, 0) is 30.2 Å². The zero-order chi connectivity index (χ0) is 17.9. The van der Waals surface area contributed by atoms with Gasteiger partial charge in [0.05, 0.1) is 18.7 Å². The number of hydrogen-bond donors (Lipinski definition) is 1. The molecule has 2 amide bonds. The topological polar surface area (TPSA) is 97.3 Å². The van der Waals surface area contributed by atoms with Crippen LogP contribution in [0.4, 0.5) is 4.79 Å². The van der Waals surface area contributed by atoms with E-state index in [1.807, 2.05) is 18.2 Å². The highest BCUT2D eigenvalue weighted by molar-refractivity contribution is 5.74. The van der Waals surface area contributed by atoms with Crippen LogP contribution < -0.4 is 5.32 Å². The maximum absolute atomic E-state index is 12.4. The first-order valence-corrected chi connectivity index (χ1v) is 8.50. The molecule has 1 aliphatic rings. The number of carbonyl (C=O) groups excluding carboxylic acids is 1. The number of furan rings is 1. The van der Waals surface area contributed by atoms with Crippen LogP contribution in [0.25, 0.3) is 11.4 Å². The van der Waals surface area contributed by atoms with Crippen molar-refractivity contribution in [2.45, 2.75) is 19.4 Å². The van der Waals surface area contributed by atoms with Gasteiger partial charge in [-0.2, -0.15) is 4.98 Å². The number of likely N-dealkylation sites (tertiary alicyclic amines) is 1. The van der Waals surface area contributed by atoms with Crippen molar-refractivity contribution in [1.82, 2.24) is 25.3 Å². The molecule has 2 atom stereocenters. The summed E-state index contributed by atoms with van der Waals surface area (Å²) in [6.07, 6.45) is 4.97. The molecule has 26 heavy (non-hydrogen) atoms. The molecule has 3 aromatic rings. The number of urea groups is 1. The molecule has 1 aliphatic heterocycles. The number of carbonyl (C=O) groups is 1. The number of rotatable bonds is 4. The Morgan fingerprint density at radius 2 is 2.15 bits per heavy atom. The zero-order valence-corrected chi connectivity index (χ0v) is 14.3. The highest BCUT2D eigenvalue weighted by Crippen LogP contribution is 2.32. The normalized spacial score (nSPS) is 19.7. The minimum atomic E-state index is -0.121. The molecule has 1 N–H and O–H groups in total. The average Bonchev–Trinajstić information content (AvgIpc) is 3.41. The Balaban J connectivity index is 1.41. The lowest BCUT2D eigenvalue weighted by Gasteiger charge is -2.16. The van der Waals surface area contributed by atoms with E-state index >= 15 is 0 Å². The molecule has 1 saturated heterocycles. The minimum absolute atomic E-state index is 0.0208. The van der Waals surface area contributed by atoms with Crippen molar-refractivity contribution in [3.8, 4) is 11.4 Å². The second kappa shape index (κ2) is 6.99. The summed E-state index contributed by atoms with van der Waals surface area (Å²) in [5.41, 5.74) is 0.855. The standard InChI is InChI=1S/C18H19N5O3/c1-12-10-23(18(24)20-9-14-3-2-8-25-14)11-15(12)17-21-16(22-26-17)13-4-6-19-7-5-13/h2-8,12,15H,9-11H2,1H3,(H,20,24). The number of nitrogens with one attached hydrogen (secondary N) is 1. The molecule has 134 valence electrons. The molecule has 3 aromatic heterocycles. The Labute approximate surface area is 150 Å². The largest absolute Gasteiger partial charge is 0.467 e. The molecule has 0 radical (unpaired) electrons. The first kappa shape index (κ1) is 16.3. The lowest BCUT2D eigenvalue weighted by atomic mass is 9.98. The van der Waals surface area contributed by atoms with Crippen molar-refractivity contribution >= 4 is 6.03 Å². The highest BCUT2D eigenvalue weighted by atomic mass is 16.5. The van der Waals surface area contributed by atoms with Gasteiger partial charge in [-0.25, -0.2) is 4.79 Å². The van der Waals surface area contributed by atoms with Gasteiger partial charge in [0.25, 0.3) is 0 Å². The monoisotopic (exact) mass is 353 g/mol. The van der Waals surface area contributed by atoms with E-state index in [0.29, 0.717) is 31.3 Å². The zero-order valence-electron chi connectivity index (χ0n) is 14.3. The predicted octanol–water partition coefficient (Wildman–Crippen LogP) is 2.67. The molecule has 4 rings (SSSR count). The molecule has 0 aromatic carbocycles. The predicted molar refractivity (Wildman–Crippen MR) is 92.0 cm³/mol. The van der Waals surface area contributed by atoms with E-state index in [1.165, 1.54) is 0 Å². The van der Waals surface area contributed by atoms with Gasteiger partial charge in [0.2, 0.25) is 11.7 Å². The molecule has 0 saturated carbocycles. The summed E-state index contributed by atoms with van der Waals surface area (Å²) in [7, 11) is 0. The maximum atomic E-state index is 12.4. The van der Waals surface area contributed by atoms with Crippen LogP contribution in [-0.4, -0.2) is 39.1 Å². The van der Waals surface area contributed by atoms with E-state index in [-0.39, 0.29) is 17.9 Å². The lowest BCUT2D eigenvalue weighted by Crippen LogP contribution is -2.38. The Morgan fingerprint density at radius 1 is 1.31 bits per heavy atom. The van der Waals surface area contributed by atoms with Gasteiger partial charge in [0.15, 0.2) is 0 Å². The number of nitrogens with zero attached hydrogens (tertiary/aromatic N) is 4. The minimum Gasteiger partial charge on any atom is -0.467 e. The Morgan fingerprint density at radius 3 is 2.92 bits per heavy atom. The van der Waals surface area contributed by atoms with Crippen molar-refractivity contribution in [3.63, 3.8) is 0 Å². The smallest absolute Gasteiger partial charge is 0.317 e. The van der Waals surface area contributed by atoms with Crippen LogP contribution in [0.1, 0.15) is 24.5 Å². The molecular weight excluding hydrogens is 334 g/mol. The summed E-state index contributed by atoms with van der Waals surface area (Å²) in [6, 6.07) is 7.17. The van der Waals surface area contributed by atoms with Gasteiger partial charge in [-0.15, -0.1) is 0 Å². The Hall–Kier alpha value is -3.16. The summed E-state index contributed by atoms with van der Waals surface area (Å²) in [5, 5.41) is 6.93. The molecule has 8 nitrogen and oxygen atoms in total. The van der Waals surface area contributed by atoms with Gasteiger partial charge in [-0.1, -0.05) is 12.1 Å². The van der Waals surface area contributed by atoms with E-state index in [2.05, 4.69) is 27.4 Å². The third kappa shape index (κ3) is 3.30. The lowest BCUT2D eigenvalue weighted by molar-refractivity contribution is 0.205. The van der Waals surface area contributed by atoms with Gasteiger partial charge >= 0.3 is 6.03 Å². The van der Waals surface area contributed by atoms with Crippen LogP contribution in [0.5, 0.6) is 0 Å². The van der Waals surface area contributed by atoms with E-state index in [9.17, 15) is 4.79 Å². The number of aromatic nitrogens is 3. The van der Waals surface area contributed by atoms with Gasteiger partial charge in [-0.3, -0.25) is 4.98 Å². The summed E-state index contributed by atoms with van der Waals surface area (Å²) in [4.78, 5) is 22.7. The molecule has 0 bridgehead atoms. The number of hydrogen-bond acceptors (Lipinski definition) is 6.